The maximum atomic E-state index is 12.8. The summed E-state index contributed by atoms with van der Waals surface area (Å²) in [5, 5.41) is 7.15. The van der Waals surface area contributed by atoms with Gasteiger partial charge in [-0.2, -0.15) is 9.78 Å². The number of aromatic nitrogens is 2. The second kappa shape index (κ2) is 7.86. The van der Waals surface area contributed by atoms with Gasteiger partial charge >= 0.3 is 0 Å². The third-order valence-electron chi connectivity index (χ3n) is 4.26. The number of nitrogens with zero attached hydrogens (tertiary/aromatic N) is 2. The molecule has 0 saturated heterocycles. The van der Waals surface area contributed by atoms with Crippen LogP contribution >= 0.6 is 0 Å². The molecule has 3 rings (SSSR count). The Morgan fingerprint density at radius 1 is 1.11 bits per heavy atom. The van der Waals surface area contributed by atoms with Crippen LogP contribution in [0.15, 0.2) is 65.5 Å². The monoisotopic (exact) mass is 363 g/mol. The Kier molecular flexibility index (Phi) is 5.35. The lowest BCUT2D eigenvalue weighted by atomic mass is 10.1. The molecule has 2 aromatic carbocycles. The quantitative estimate of drug-likeness (QED) is 0.756. The number of hydrogen-bond acceptors (Lipinski definition) is 4. The largest absolute Gasteiger partial charge is 0.494 e. The summed E-state index contributed by atoms with van der Waals surface area (Å²) >= 11 is 0. The number of methoxy groups -OCH3 is 1. The van der Waals surface area contributed by atoms with E-state index in [4.69, 9.17) is 4.74 Å². The van der Waals surface area contributed by atoms with Crippen LogP contribution in [-0.2, 0) is 0 Å². The average Bonchev–Trinajstić information content (AvgIpc) is 2.69. The average molecular weight is 363 g/mol. The lowest BCUT2D eigenvalue weighted by Crippen LogP contribution is -2.31. The second-order valence-electron chi connectivity index (χ2n) is 6.25. The molecular formula is C21H21N3O3. The van der Waals surface area contributed by atoms with Crippen LogP contribution in [0.2, 0.25) is 0 Å². The molecule has 0 saturated carbocycles. The van der Waals surface area contributed by atoms with Crippen molar-refractivity contribution in [2.45, 2.75) is 19.9 Å². The summed E-state index contributed by atoms with van der Waals surface area (Å²) in [6, 6.07) is 18.0. The molecule has 1 atom stereocenters. The smallest absolute Gasteiger partial charge is 0.276 e. The van der Waals surface area contributed by atoms with Gasteiger partial charge in [0.25, 0.3) is 11.5 Å². The van der Waals surface area contributed by atoms with Crippen molar-refractivity contribution in [1.82, 2.24) is 15.1 Å². The Balaban J connectivity index is 1.96. The second-order valence-corrected chi connectivity index (χ2v) is 6.25. The molecule has 0 bridgehead atoms. The molecule has 0 aliphatic heterocycles. The normalized spacial score (nSPS) is 11.7. The Hall–Kier alpha value is -3.41. The van der Waals surface area contributed by atoms with Crippen LogP contribution in [0.25, 0.3) is 5.69 Å². The Labute approximate surface area is 157 Å². The van der Waals surface area contributed by atoms with Crippen LogP contribution in [0, 0.1) is 6.92 Å². The number of amides is 1. The number of benzene rings is 2. The zero-order valence-corrected chi connectivity index (χ0v) is 15.5. The predicted molar refractivity (Wildman–Crippen MR) is 103 cm³/mol. The molecule has 3 aromatic rings. The number of aryl methyl sites for hydroxylation is 1. The van der Waals surface area contributed by atoms with Crippen molar-refractivity contribution in [1.29, 1.82) is 0 Å². The van der Waals surface area contributed by atoms with E-state index in [0.29, 0.717) is 5.69 Å². The van der Waals surface area contributed by atoms with Gasteiger partial charge in [-0.15, -0.1) is 0 Å². The third-order valence-corrected chi connectivity index (χ3v) is 4.26. The predicted octanol–water partition coefficient (Wildman–Crippen LogP) is 3.04. The molecule has 1 amide bonds. The van der Waals surface area contributed by atoms with Crippen LogP contribution in [0.5, 0.6) is 5.75 Å². The summed E-state index contributed by atoms with van der Waals surface area (Å²) in [6.45, 7) is 3.84. The van der Waals surface area contributed by atoms with Crippen molar-refractivity contribution >= 4 is 5.91 Å². The van der Waals surface area contributed by atoms with E-state index in [9.17, 15) is 9.59 Å². The fourth-order valence-electron chi connectivity index (χ4n) is 2.71. The molecule has 0 radical (unpaired) electrons. The molecule has 138 valence electrons. The summed E-state index contributed by atoms with van der Waals surface area (Å²) in [7, 11) is 1.41. The first-order valence-corrected chi connectivity index (χ1v) is 8.61. The van der Waals surface area contributed by atoms with Crippen molar-refractivity contribution in [3.05, 3.63) is 87.8 Å². The Morgan fingerprint density at radius 3 is 2.41 bits per heavy atom. The number of rotatable bonds is 5. The number of nitrogens with one attached hydrogen (secondary N) is 1. The third kappa shape index (κ3) is 4.06. The van der Waals surface area contributed by atoms with Crippen LogP contribution in [0.1, 0.15) is 34.6 Å². The van der Waals surface area contributed by atoms with Gasteiger partial charge in [0.1, 0.15) is 0 Å². The van der Waals surface area contributed by atoms with Gasteiger partial charge in [-0.1, -0.05) is 48.0 Å². The van der Waals surface area contributed by atoms with Gasteiger partial charge in [-0.3, -0.25) is 9.59 Å². The summed E-state index contributed by atoms with van der Waals surface area (Å²) in [5.41, 5.74) is 2.30. The van der Waals surface area contributed by atoms with Crippen LogP contribution in [0.4, 0.5) is 0 Å². The van der Waals surface area contributed by atoms with Crippen molar-refractivity contribution in [3.8, 4) is 11.4 Å². The molecule has 6 heteroatoms. The zero-order chi connectivity index (χ0) is 19.4. The van der Waals surface area contributed by atoms with E-state index in [1.54, 1.807) is 12.1 Å². The van der Waals surface area contributed by atoms with Gasteiger partial charge < -0.3 is 10.1 Å². The molecule has 27 heavy (non-hydrogen) atoms. The van der Waals surface area contributed by atoms with E-state index in [1.165, 1.54) is 17.9 Å². The molecule has 0 aliphatic rings. The highest BCUT2D eigenvalue weighted by molar-refractivity contribution is 5.95. The van der Waals surface area contributed by atoms with Gasteiger partial charge in [0.05, 0.1) is 24.9 Å². The first kappa shape index (κ1) is 18.4. The highest BCUT2D eigenvalue weighted by atomic mass is 16.5. The summed E-state index contributed by atoms with van der Waals surface area (Å²) in [6.07, 6.45) is 0. The maximum Gasteiger partial charge on any atom is 0.276 e. The van der Waals surface area contributed by atoms with Crippen molar-refractivity contribution in [2.24, 2.45) is 0 Å². The summed E-state index contributed by atoms with van der Waals surface area (Å²) in [4.78, 5) is 25.2. The Bertz CT molecular complexity index is 995. The van der Waals surface area contributed by atoms with E-state index in [1.807, 2.05) is 56.3 Å². The van der Waals surface area contributed by atoms with E-state index < -0.39 is 5.91 Å². The summed E-state index contributed by atoms with van der Waals surface area (Å²) < 4.78 is 6.41. The minimum absolute atomic E-state index is 0.0560. The zero-order valence-electron chi connectivity index (χ0n) is 15.5. The molecule has 0 spiro atoms. The highest BCUT2D eigenvalue weighted by Gasteiger charge is 2.20. The highest BCUT2D eigenvalue weighted by Crippen LogP contribution is 2.17. The van der Waals surface area contributed by atoms with E-state index in [0.717, 1.165) is 11.1 Å². The molecule has 1 aromatic heterocycles. The minimum atomic E-state index is -0.413. The van der Waals surface area contributed by atoms with Gasteiger partial charge in [0.15, 0.2) is 11.4 Å². The van der Waals surface area contributed by atoms with Crippen molar-refractivity contribution in [3.63, 3.8) is 0 Å². The van der Waals surface area contributed by atoms with Crippen molar-refractivity contribution in [2.75, 3.05) is 7.11 Å². The van der Waals surface area contributed by atoms with Crippen LogP contribution in [-0.4, -0.2) is 22.8 Å². The standard InChI is InChI=1S/C21H21N3O3/c1-14-9-11-17(12-10-14)24-19(25)13-18(27-3)20(23-24)21(26)22-15(2)16-7-5-4-6-8-16/h4-13,15H,1-3H3,(H,22,26). The van der Waals surface area contributed by atoms with E-state index in [2.05, 4.69) is 10.4 Å². The topological polar surface area (TPSA) is 73.2 Å². The molecular weight excluding hydrogens is 342 g/mol. The number of ether oxygens (including phenoxy) is 1. The van der Waals surface area contributed by atoms with Crippen molar-refractivity contribution < 1.29 is 9.53 Å². The van der Waals surface area contributed by atoms with Crippen LogP contribution in [0.3, 0.4) is 0 Å². The SMILES string of the molecule is COc1cc(=O)n(-c2ccc(C)cc2)nc1C(=O)NC(C)c1ccccc1. The minimum Gasteiger partial charge on any atom is -0.494 e. The van der Waals surface area contributed by atoms with E-state index >= 15 is 0 Å². The number of carbonyl (C=O) groups is 1. The number of hydrogen-bond donors (Lipinski definition) is 1. The first-order chi connectivity index (χ1) is 13.0. The Morgan fingerprint density at radius 2 is 1.78 bits per heavy atom. The molecule has 1 N–H and O–H groups in total. The van der Waals surface area contributed by atoms with E-state index in [-0.39, 0.29) is 23.0 Å². The lowest BCUT2D eigenvalue weighted by Gasteiger charge is -2.16. The van der Waals surface area contributed by atoms with Gasteiger partial charge in [0.2, 0.25) is 0 Å². The fraction of sp³-hybridized carbons (Fsp3) is 0.190. The van der Waals surface area contributed by atoms with Crippen LogP contribution < -0.4 is 15.6 Å². The molecule has 0 fully saturated rings. The number of carbonyl (C=O) groups excluding carboxylic acids is 1. The molecule has 0 aliphatic carbocycles. The van der Waals surface area contributed by atoms with Gasteiger partial charge in [0, 0.05) is 0 Å². The maximum absolute atomic E-state index is 12.8. The summed E-state index contributed by atoms with van der Waals surface area (Å²) in [5.74, 6) is -0.273. The van der Waals surface area contributed by atoms with Gasteiger partial charge in [-0.25, -0.2) is 0 Å². The molecule has 1 heterocycles. The molecule has 1 unspecified atom stereocenters. The fourth-order valence-corrected chi connectivity index (χ4v) is 2.71. The first-order valence-electron chi connectivity index (χ1n) is 8.61. The van der Waals surface area contributed by atoms with Gasteiger partial charge in [-0.05, 0) is 31.5 Å². The lowest BCUT2D eigenvalue weighted by molar-refractivity contribution is 0.0929. The molecule has 6 nitrogen and oxygen atoms in total.